The highest BCUT2D eigenvalue weighted by molar-refractivity contribution is 7.91. The molecule has 1 saturated heterocycles. The van der Waals surface area contributed by atoms with Crippen LogP contribution in [0.15, 0.2) is 29.1 Å². The smallest absolute Gasteiger partial charge is 0.321 e. The number of imide groups is 1. The number of amides is 3. The van der Waals surface area contributed by atoms with Crippen molar-refractivity contribution in [1.82, 2.24) is 25.5 Å². The fourth-order valence-corrected chi connectivity index (χ4v) is 4.74. The molecule has 1 atom stereocenters. The molecule has 3 N–H and O–H groups in total. The third kappa shape index (κ3) is 5.14. The number of likely N-dealkylation sites (N-methyl/N-ethyl adjacent to an activating group) is 1. The number of hydrogen-bond acceptors (Lipinski definition) is 7. The van der Waals surface area contributed by atoms with Gasteiger partial charge in [0.25, 0.3) is 5.56 Å². The van der Waals surface area contributed by atoms with Gasteiger partial charge < -0.3 is 10.3 Å². The second-order valence-electron chi connectivity index (χ2n) is 6.82. The summed E-state index contributed by atoms with van der Waals surface area (Å²) in [5.74, 6) is -0.232. The summed E-state index contributed by atoms with van der Waals surface area (Å²) in [5, 5.41) is 5.15. The summed E-state index contributed by atoms with van der Waals surface area (Å²) in [6, 6.07) is 5.73. The van der Waals surface area contributed by atoms with E-state index < -0.39 is 27.8 Å². The third-order valence-corrected chi connectivity index (χ3v) is 6.08. The average molecular weight is 407 g/mol. The zero-order valence-corrected chi connectivity index (χ0v) is 16.1. The first-order chi connectivity index (χ1) is 13.2. The number of rotatable bonds is 5. The van der Waals surface area contributed by atoms with E-state index in [9.17, 15) is 22.8 Å². The molecule has 3 rings (SSSR count). The van der Waals surface area contributed by atoms with Crippen LogP contribution >= 0.6 is 0 Å². The van der Waals surface area contributed by atoms with Crippen LogP contribution in [0.2, 0.25) is 0 Å². The minimum atomic E-state index is -3.11. The second kappa shape index (κ2) is 8.07. The van der Waals surface area contributed by atoms with E-state index in [0.717, 1.165) is 0 Å². The Balaban J connectivity index is 1.52. The largest absolute Gasteiger partial charge is 0.334 e. The summed E-state index contributed by atoms with van der Waals surface area (Å²) in [4.78, 5) is 44.5. The molecular formula is C17H21N5O5S. The van der Waals surface area contributed by atoms with Gasteiger partial charge in [0.05, 0.1) is 35.5 Å². The molecule has 0 saturated carbocycles. The predicted molar refractivity (Wildman–Crippen MR) is 102 cm³/mol. The van der Waals surface area contributed by atoms with Crippen LogP contribution in [0.25, 0.3) is 10.9 Å². The minimum Gasteiger partial charge on any atom is -0.334 e. The van der Waals surface area contributed by atoms with Crippen LogP contribution in [0.1, 0.15) is 12.2 Å². The number of H-pyrrole nitrogens is 1. The van der Waals surface area contributed by atoms with E-state index in [-0.39, 0.29) is 30.2 Å². The Hall–Kier alpha value is -2.79. The molecule has 0 bridgehead atoms. The van der Waals surface area contributed by atoms with E-state index in [0.29, 0.717) is 23.1 Å². The SMILES string of the molecule is CN(CC(=O)NC(=O)N[C@H]1CCS(=O)(=O)C1)Cc1nc2ccccc2c(=O)[nH]1. The number of carbonyl (C=O) groups excluding carboxylic acids is 2. The molecule has 0 unspecified atom stereocenters. The Morgan fingerprint density at radius 2 is 2.07 bits per heavy atom. The zero-order chi connectivity index (χ0) is 20.3. The number of benzene rings is 1. The monoisotopic (exact) mass is 407 g/mol. The van der Waals surface area contributed by atoms with Crippen LogP contribution in [-0.4, -0.2) is 66.4 Å². The van der Waals surface area contributed by atoms with Crippen LogP contribution in [0.5, 0.6) is 0 Å². The summed E-state index contributed by atoms with van der Waals surface area (Å²) in [7, 11) is -1.46. The van der Waals surface area contributed by atoms with E-state index in [1.165, 1.54) is 0 Å². The average Bonchev–Trinajstić information content (AvgIpc) is 2.92. The molecule has 150 valence electrons. The molecule has 0 spiro atoms. The molecule has 11 heteroatoms. The van der Waals surface area contributed by atoms with Gasteiger partial charge in [-0.15, -0.1) is 0 Å². The van der Waals surface area contributed by atoms with Gasteiger partial charge in [0.2, 0.25) is 5.91 Å². The van der Waals surface area contributed by atoms with Crippen molar-refractivity contribution >= 4 is 32.7 Å². The lowest BCUT2D eigenvalue weighted by Crippen LogP contribution is -2.47. The van der Waals surface area contributed by atoms with Crippen molar-refractivity contribution in [1.29, 1.82) is 0 Å². The van der Waals surface area contributed by atoms with Gasteiger partial charge in [0.1, 0.15) is 5.82 Å². The van der Waals surface area contributed by atoms with Crippen LogP contribution in [0, 0.1) is 0 Å². The number of urea groups is 1. The number of hydrogen-bond donors (Lipinski definition) is 3. The normalized spacial score (nSPS) is 18.3. The van der Waals surface area contributed by atoms with E-state index in [2.05, 4.69) is 20.6 Å². The first-order valence-corrected chi connectivity index (χ1v) is 10.5. The van der Waals surface area contributed by atoms with Crippen molar-refractivity contribution in [3.05, 3.63) is 40.4 Å². The fraction of sp³-hybridized carbons (Fsp3) is 0.412. The van der Waals surface area contributed by atoms with Gasteiger partial charge >= 0.3 is 6.03 Å². The van der Waals surface area contributed by atoms with Crippen molar-refractivity contribution in [2.75, 3.05) is 25.1 Å². The first-order valence-electron chi connectivity index (χ1n) is 8.69. The van der Waals surface area contributed by atoms with Gasteiger partial charge in [0.15, 0.2) is 9.84 Å². The summed E-state index contributed by atoms with van der Waals surface area (Å²) >= 11 is 0. The van der Waals surface area contributed by atoms with Crippen molar-refractivity contribution in [3.8, 4) is 0 Å². The van der Waals surface area contributed by atoms with Gasteiger partial charge in [0, 0.05) is 6.04 Å². The van der Waals surface area contributed by atoms with Crippen molar-refractivity contribution in [2.45, 2.75) is 19.0 Å². The summed E-state index contributed by atoms with van der Waals surface area (Å²) in [6.07, 6.45) is 0.338. The lowest BCUT2D eigenvalue weighted by Gasteiger charge is -2.16. The number of carbonyl (C=O) groups is 2. The summed E-state index contributed by atoms with van der Waals surface area (Å²) in [5.41, 5.74) is 0.300. The van der Waals surface area contributed by atoms with Crippen molar-refractivity contribution < 1.29 is 18.0 Å². The van der Waals surface area contributed by atoms with Crippen molar-refractivity contribution in [2.24, 2.45) is 0 Å². The van der Waals surface area contributed by atoms with Crippen LogP contribution < -0.4 is 16.2 Å². The Bertz CT molecular complexity index is 1070. The quantitative estimate of drug-likeness (QED) is 0.599. The van der Waals surface area contributed by atoms with E-state index >= 15 is 0 Å². The lowest BCUT2D eigenvalue weighted by molar-refractivity contribution is -0.121. The predicted octanol–water partition coefficient (Wildman–Crippen LogP) is -0.632. The molecule has 2 aromatic rings. The number of sulfone groups is 1. The van der Waals surface area contributed by atoms with E-state index in [4.69, 9.17) is 0 Å². The molecule has 1 aromatic carbocycles. The van der Waals surface area contributed by atoms with Crippen molar-refractivity contribution in [3.63, 3.8) is 0 Å². The van der Waals surface area contributed by atoms with Crippen LogP contribution in [0.4, 0.5) is 4.79 Å². The maximum absolute atomic E-state index is 12.1. The fourth-order valence-electron chi connectivity index (χ4n) is 3.06. The molecule has 0 radical (unpaired) electrons. The molecular weight excluding hydrogens is 386 g/mol. The summed E-state index contributed by atoms with van der Waals surface area (Å²) < 4.78 is 22.8. The number of para-hydroxylation sites is 1. The topological polar surface area (TPSA) is 141 Å². The van der Waals surface area contributed by atoms with Gasteiger partial charge in [-0.05, 0) is 25.6 Å². The zero-order valence-electron chi connectivity index (χ0n) is 15.3. The molecule has 1 aliphatic rings. The molecule has 0 aliphatic carbocycles. The molecule has 1 aliphatic heterocycles. The Morgan fingerprint density at radius 3 is 2.79 bits per heavy atom. The van der Waals surface area contributed by atoms with Gasteiger partial charge in [-0.3, -0.25) is 19.8 Å². The number of aromatic nitrogens is 2. The van der Waals surface area contributed by atoms with Gasteiger partial charge in [-0.1, -0.05) is 12.1 Å². The first kappa shape index (κ1) is 20.0. The Kier molecular flexibility index (Phi) is 5.75. The summed E-state index contributed by atoms with van der Waals surface area (Å²) in [6.45, 7) is 0.100. The molecule has 28 heavy (non-hydrogen) atoms. The maximum Gasteiger partial charge on any atom is 0.321 e. The van der Waals surface area contributed by atoms with Gasteiger partial charge in [-0.25, -0.2) is 18.2 Å². The van der Waals surface area contributed by atoms with Crippen LogP contribution in [0.3, 0.4) is 0 Å². The Labute approximate surface area is 161 Å². The second-order valence-corrected chi connectivity index (χ2v) is 9.05. The number of aromatic amines is 1. The maximum atomic E-state index is 12.1. The van der Waals surface area contributed by atoms with Gasteiger partial charge in [-0.2, -0.15) is 0 Å². The minimum absolute atomic E-state index is 0.0333. The Morgan fingerprint density at radius 1 is 1.32 bits per heavy atom. The molecule has 1 aromatic heterocycles. The molecule has 2 heterocycles. The van der Waals surface area contributed by atoms with Crippen LogP contribution in [-0.2, 0) is 21.2 Å². The highest BCUT2D eigenvalue weighted by atomic mass is 32.2. The highest BCUT2D eigenvalue weighted by Crippen LogP contribution is 2.11. The number of nitrogens with one attached hydrogen (secondary N) is 3. The number of fused-ring (bicyclic) bond motifs is 1. The number of nitrogens with zero attached hydrogens (tertiary/aromatic N) is 2. The lowest BCUT2D eigenvalue weighted by atomic mass is 10.2. The molecule has 1 fully saturated rings. The third-order valence-electron chi connectivity index (χ3n) is 4.32. The molecule has 3 amide bonds. The van der Waals surface area contributed by atoms with E-state index in [1.807, 2.05) is 0 Å². The molecule has 10 nitrogen and oxygen atoms in total. The standard InChI is InChI=1S/C17H21N5O5S/c1-22(8-14-19-13-5-3-2-4-12(13)16(24)20-14)9-15(23)21-17(25)18-11-6-7-28(26,27)10-11/h2-5,11H,6-10H2,1H3,(H,19,20,24)(H2,18,21,23,25)/t11-/m0/s1. The van der Waals surface area contributed by atoms with E-state index in [1.54, 1.807) is 36.2 Å². The highest BCUT2D eigenvalue weighted by Gasteiger charge is 2.29.